The Balaban J connectivity index is 1.89. The molecule has 18 heavy (non-hydrogen) atoms. The quantitative estimate of drug-likeness (QED) is 0.762. The molecule has 4 heteroatoms. The Morgan fingerprint density at radius 1 is 1.22 bits per heavy atom. The molecule has 90 valence electrons. The van der Waals surface area contributed by atoms with E-state index in [0.717, 1.165) is 23.6 Å². The molecule has 3 aromatic heterocycles. The molecule has 0 spiro atoms. The largest absolute Gasteiger partial charge is 0.378 e. The second kappa shape index (κ2) is 4.49. The molecule has 0 saturated heterocycles. The van der Waals surface area contributed by atoms with Crippen molar-refractivity contribution in [1.29, 1.82) is 0 Å². The topological polar surface area (TPSA) is 42.2 Å². The standard InChI is InChI=1S/C14H14N4/c1-11-13(10-16-12-5-4-7-15-9-12)18-8-3-2-6-14(18)17-11/h2-9,16H,10H2,1H3. The van der Waals surface area contributed by atoms with Gasteiger partial charge in [0.15, 0.2) is 0 Å². The van der Waals surface area contributed by atoms with E-state index >= 15 is 0 Å². The lowest BCUT2D eigenvalue weighted by molar-refractivity contribution is 0.985. The van der Waals surface area contributed by atoms with E-state index < -0.39 is 0 Å². The lowest BCUT2D eigenvalue weighted by atomic mass is 10.3. The van der Waals surface area contributed by atoms with Crippen LogP contribution >= 0.6 is 0 Å². The van der Waals surface area contributed by atoms with Crippen LogP contribution in [0.4, 0.5) is 5.69 Å². The molecule has 0 unspecified atom stereocenters. The number of aromatic nitrogens is 3. The Morgan fingerprint density at radius 3 is 3.00 bits per heavy atom. The highest BCUT2D eigenvalue weighted by Gasteiger charge is 2.07. The second-order valence-corrected chi connectivity index (χ2v) is 4.17. The highest BCUT2D eigenvalue weighted by Crippen LogP contribution is 2.13. The van der Waals surface area contributed by atoms with E-state index in [1.165, 1.54) is 5.69 Å². The smallest absolute Gasteiger partial charge is 0.137 e. The van der Waals surface area contributed by atoms with Crippen LogP contribution in [0.3, 0.4) is 0 Å². The van der Waals surface area contributed by atoms with E-state index in [2.05, 4.69) is 19.7 Å². The molecule has 0 aliphatic rings. The molecular weight excluding hydrogens is 224 g/mol. The van der Waals surface area contributed by atoms with Gasteiger partial charge < -0.3 is 9.72 Å². The number of nitrogens with one attached hydrogen (secondary N) is 1. The zero-order chi connectivity index (χ0) is 12.4. The number of rotatable bonds is 3. The number of imidazole rings is 1. The van der Waals surface area contributed by atoms with Gasteiger partial charge in [0.05, 0.1) is 23.6 Å². The van der Waals surface area contributed by atoms with Gasteiger partial charge in [-0.1, -0.05) is 6.07 Å². The summed E-state index contributed by atoms with van der Waals surface area (Å²) in [6.45, 7) is 2.77. The number of aryl methyl sites for hydroxylation is 1. The molecule has 0 atom stereocenters. The third kappa shape index (κ3) is 1.93. The monoisotopic (exact) mass is 238 g/mol. The molecule has 0 bridgehead atoms. The van der Waals surface area contributed by atoms with E-state index in [9.17, 15) is 0 Å². The summed E-state index contributed by atoms with van der Waals surface area (Å²) in [5.74, 6) is 0. The fourth-order valence-corrected chi connectivity index (χ4v) is 2.03. The first-order valence-corrected chi connectivity index (χ1v) is 5.91. The van der Waals surface area contributed by atoms with Gasteiger partial charge in [-0.3, -0.25) is 4.98 Å². The molecule has 0 radical (unpaired) electrons. The summed E-state index contributed by atoms with van der Waals surface area (Å²) in [6.07, 6.45) is 5.62. The van der Waals surface area contributed by atoms with Crippen LogP contribution in [0.15, 0.2) is 48.9 Å². The van der Waals surface area contributed by atoms with E-state index in [4.69, 9.17) is 0 Å². The first kappa shape index (κ1) is 10.8. The number of anilines is 1. The Kier molecular flexibility index (Phi) is 2.68. The predicted molar refractivity (Wildman–Crippen MR) is 71.5 cm³/mol. The van der Waals surface area contributed by atoms with Crippen LogP contribution in [0, 0.1) is 6.92 Å². The molecule has 0 amide bonds. The normalized spacial score (nSPS) is 10.7. The van der Waals surface area contributed by atoms with Gasteiger partial charge in [-0.05, 0) is 31.2 Å². The van der Waals surface area contributed by atoms with Gasteiger partial charge in [0.2, 0.25) is 0 Å². The lowest BCUT2D eigenvalue weighted by Gasteiger charge is -2.06. The first-order chi connectivity index (χ1) is 8.84. The fourth-order valence-electron chi connectivity index (χ4n) is 2.03. The van der Waals surface area contributed by atoms with Crippen LogP contribution in [-0.2, 0) is 6.54 Å². The van der Waals surface area contributed by atoms with Crippen molar-refractivity contribution in [3.05, 3.63) is 60.3 Å². The Bertz CT molecular complexity index is 658. The van der Waals surface area contributed by atoms with Gasteiger partial charge in [-0.25, -0.2) is 4.98 Å². The van der Waals surface area contributed by atoms with Crippen LogP contribution in [0.1, 0.15) is 11.4 Å². The van der Waals surface area contributed by atoms with Crippen molar-refractivity contribution in [3.8, 4) is 0 Å². The Morgan fingerprint density at radius 2 is 2.17 bits per heavy atom. The average molecular weight is 238 g/mol. The van der Waals surface area contributed by atoms with E-state index in [0.29, 0.717) is 0 Å². The molecule has 0 fully saturated rings. The maximum Gasteiger partial charge on any atom is 0.137 e. The number of hydrogen-bond acceptors (Lipinski definition) is 3. The zero-order valence-corrected chi connectivity index (χ0v) is 10.2. The number of pyridine rings is 2. The number of fused-ring (bicyclic) bond motifs is 1. The SMILES string of the molecule is Cc1nc2ccccn2c1CNc1cccnc1. The number of nitrogens with zero attached hydrogens (tertiary/aromatic N) is 3. The minimum absolute atomic E-state index is 0.739. The van der Waals surface area contributed by atoms with Gasteiger partial charge in [-0.15, -0.1) is 0 Å². The first-order valence-electron chi connectivity index (χ1n) is 5.91. The van der Waals surface area contributed by atoms with Crippen molar-refractivity contribution >= 4 is 11.3 Å². The zero-order valence-electron chi connectivity index (χ0n) is 10.2. The van der Waals surface area contributed by atoms with Gasteiger partial charge in [0.1, 0.15) is 5.65 Å². The third-order valence-electron chi connectivity index (χ3n) is 2.95. The molecule has 3 rings (SSSR count). The molecule has 0 aliphatic carbocycles. The van der Waals surface area contributed by atoms with Gasteiger partial charge in [0, 0.05) is 18.6 Å². The summed E-state index contributed by atoms with van der Waals surface area (Å²) in [5.41, 5.74) is 4.23. The molecule has 0 aliphatic heterocycles. The Hall–Kier alpha value is -2.36. The lowest BCUT2D eigenvalue weighted by Crippen LogP contribution is -2.04. The van der Waals surface area contributed by atoms with Crippen molar-refractivity contribution < 1.29 is 0 Å². The van der Waals surface area contributed by atoms with Crippen molar-refractivity contribution in [2.24, 2.45) is 0 Å². The predicted octanol–water partition coefficient (Wildman–Crippen LogP) is 2.65. The minimum atomic E-state index is 0.739. The van der Waals surface area contributed by atoms with Crippen LogP contribution in [-0.4, -0.2) is 14.4 Å². The van der Waals surface area contributed by atoms with Crippen LogP contribution < -0.4 is 5.32 Å². The molecule has 4 nitrogen and oxygen atoms in total. The molecule has 0 aromatic carbocycles. The molecule has 3 aromatic rings. The van der Waals surface area contributed by atoms with E-state index in [-0.39, 0.29) is 0 Å². The highest BCUT2D eigenvalue weighted by molar-refractivity contribution is 5.45. The highest BCUT2D eigenvalue weighted by atomic mass is 15.0. The maximum atomic E-state index is 4.53. The Labute approximate surface area is 105 Å². The van der Waals surface area contributed by atoms with Crippen molar-refractivity contribution in [1.82, 2.24) is 14.4 Å². The molecule has 0 saturated carbocycles. The summed E-state index contributed by atoms with van der Waals surface area (Å²) >= 11 is 0. The van der Waals surface area contributed by atoms with E-state index in [1.54, 1.807) is 6.20 Å². The molecule has 1 N–H and O–H groups in total. The van der Waals surface area contributed by atoms with Crippen molar-refractivity contribution in [3.63, 3.8) is 0 Å². The average Bonchev–Trinajstić information content (AvgIpc) is 2.73. The fraction of sp³-hybridized carbons (Fsp3) is 0.143. The van der Waals surface area contributed by atoms with Crippen LogP contribution in [0.2, 0.25) is 0 Å². The number of hydrogen-bond donors (Lipinski definition) is 1. The summed E-state index contributed by atoms with van der Waals surface area (Å²) in [5, 5.41) is 3.36. The van der Waals surface area contributed by atoms with E-state index in [1.807, 2.05) is 49.6 Å². The maximum absolute atomic E-state index is 4.53. The third-order valence-corrected chi connectivity index (χ3v) is 2.95. The van der Waals surface area contributed by atoms with Crippen LogP contribution in [0.5, 0.6) is 0 Å². The minimum Gasteiger partial charge on any atom is -0.378 e. The van der Waals surface area contributed by atoms with Gasteiger partial charge >= 0.3 is 0 Å². The summed E-state index contributed by atoms with van der Waals surface area (Å²) < 4.78 is 2.11. The summed E-state index contributed by atoms with van der Waals surface area (Å²) in [7, 11) is 0. The van der Waals surface area contributed by atoms with Crippen molar-refractivity contribution in [2.45, 2.75) is 13.5 Å². The van der Waals surface area contributed by atoms with Crippen LogP contribution in [0.25, 0.3) is 5.65 Å². The van der Waals surface area contributed by atoms with Crippen molar-refractivity contribution in [2.75, 3.05) is 5.32 Å². The second-order valence-electron chi connectivity index (χ2n) is 4.17. The molecule has 3 heterocycles. The molecular formula is C14H14N4. The van der Waals surface area contributed by atoms with Gasteiger partial charge in [-0.2, -0.15) is 0 Å². The van der Waals surface area contributed by atoms with Gasteiger partial charge in [0.25, 0.3) is 0 Å². The summed E-state index contributed by atoms with van der Waals surface area (Å²) in [6, 6.07) is 9.96. The summed E-state index contributed by atoms with van der Waals surface area (Å²) in [4.78, 5) is 8.62.